The number of phosphoric acid groups is 2. The van der Waals surface area contributed by atoms with Crippen molar-refractivity contribution in [3.63, 3.8) is 0 Å². The monoisotopic (exact) mass is 292 g/mol. The van der Waals surface area contributed by atoms with Gasteiger partial charge in [0.05, 0.1) is 0 Å². The molecule has 82 valence electrons. The van der Waals surface area contributed by atoms with E-state index in [4.69, 9.17) is 38.5 Å². The summed E-state index contributed by atoms with van der Waals surface area (Å²) in [7, 11) is -9.28. The Kier molecular flexibility index (Phi) is 25.5. The van der Waals surface area contributed by atoms with Gasteiger partial charge in [0.2, 0.25) is 0 Å². The van der Waals surface area contributed by atoms with Crippen LogP contribution in [0.25, 0.3) is 0 Å². The average molecular weight is 292 g/mol. The van der Waals surface area contributed by atoms with E-state index in [1.807, 2.05) is 0 Å². The van der Waals surface area contributed by atoms with Crippen molar-refractivity contribution in [3.8, 4) is 0 Å². The summed E-state index contributed by atoms with van der Waals surface area (Å²) >= 11 is 0. The highest BCUT2D eigenvalue weighted by Gasteiger charge is 2.00. The van der Waals surface area contributed by atoms with E-state index < -0.39 is 15.6 Å². The number of hydrogen-bond acceptors (Lipinski definition) is 2. The first kappa shape index (κ1) is 29.2. The summed E-state index contributed by atoms with van der Waals surface area (Å²) in [6.07, 6.45) is 0. The summed E-state index contributed by atoms with van der Waals surface area (Å²) in [5, 5.41) is 0. The molecule has 13 heavy (non-hydrogen) atoms. The third-order valence-corrected chi connectivity index (χ3v) is 0. The van der Waals surface area contributed by atoms with Gasteiger partial charge in [-0.25, -0.2) is 9.13 Å². The molecule has 0 aromatic heterocycles. The summed E-state index contributed by atoms with van der Waals surface area (Å²) in [6, 6.07) is 0. The molecule has 6 N–H and O–H groups in total. The Balaban J connectivity index is -0.0000000267. The molecule has 0 bridgehead atoms. The Morgan fingerprint density at radius 1 is 0.538 bits per heavy atom. The van der Waals surface area contributed by atoms with Gasteiger partial charge in [-0.3, -0.25) is 0 Å². The normalized spacial score (nSPS) is 9.08. The van der Waals surface area contributed by atoms with E-state index in [2.05, 4.69) is 0 Å². The van der Waals surface area contributed by atoms with Crippen LogP contribution < -0.4 is 0 Å². The third-order valence-electron chi connectivity index (χ3n) is 0. The van der Waals surface area contributed by atoms with Gasteiger partial charge >= 0.3 is 15.6 Å². The maximum Gasteiger partial charge on any atom is 0.466 e. The fourth-order valence-corrected chi connectivity index (χ4v) is 0. The zero-order valence-corrected chi connectivity index (χ0v) is 9.86. The van der Waals surface area contributed by atoms with Gasteiger partial charge in [0.15, 0.2) is 0 Å². The van der Waals surface area contributed by atoms with Crippen LogP contribution in [-0.2, 0) is 9.13 Å². The largest absolute Gasteiger partial charge is 0.466 e. The molecule has 0 fully saturated rings. The first-order valence-corrected chi connectivity index (χ1v) is 4.70. The van der Waals surface area contributed by atoms with Crippen LogP contribution in [0.15, 0.2) is 0 Å². The van der Waals surface area contributed by atoms with Gasteiger partial charge in [0.1, 0.15) is 0 Å². The smallest absolute Gasteiger partial charge is 0.303 e. The van der Waals surface area contributed by atoms with Gasteiger partial charge in [-0.2, -0.15) is 0 Å². The Bertz CT molecular complexity index is 130. The second-order valence-electron chi connectivity index (χ2n) is 1.03. The minimum absolute atomic E-state index is 0. The van der Waals surface area contributed by atoms with Crippen molar-refractivity contribution in [2.45, 2.75) is 0 Å². The first-order valence-electron chi connectivity index (χ1n) is 1.57. The second-order valence-corrected chi connectivity index (χ2v) is 3.08. The Morgan fingerprint density at radius 2 is 0.538 bits per heavy atom. The summed E-state index contributed by atoms with van der Waals surface area (Å²) in [4.78, 5) is 43.1. The Morgan fingerprint density at radius 3 is 0.538 bits per heavy atom. The Labute approximate surface area is 94.8 Å². The molecule has 13 heteroatoms. The van der Waals surface area contributed by atoms with E-state index >= 15 is 0 Å². The van der Waals surface area contributed by atoms with Crippen molar-refractivity contribution in [1.29, 1.82) is 0 Å². The topological polar surface area (TPSA) is 156 Å². The molecule has 0 rings (SSSR count). The quantitative estimate of drug-likeness (QED) is 0.343. The highest BCUT2D eigenvalue weighted by atomic mass is 32.1. The molecule has 0 saturated carbocycles. The number of hydrogen-bond donors (Lipinski definition) is 6. The zero-order chi connectivity index (χ0) is 9.00. The molecular weight excluding hydrogens is 286 g/mol. The van der Waals surface area contributed by atoms with Gasteiger partial charge < -0.3 is 29.4 Å². The van der Waals surface area contributed by atoms with Crippen LogP contribution in [0.1, 0.15) is 0 Å². The highest BCUT2D eigenvalue weighted by molar-refractivity contribution is 7.59. The van der Waals surface area contributed by atoms with Gasteiger partial charge in [-0.1, -0.05) is 0 Å². The predicted octanol–water partition coefficient (Wildman–Crippen LogP) is 0.0874. The van der Waals surface area contributed by atoms with Crippen molar-refractivity contribution in [2.75, 3.05) is 0 Å². The van der Waals surface area contributed by atoms with Crippen LogP contribution in [-0.4, -0.2) is 29.4 Å². The van der Waals surface area contributed by atoms with E-state index in [0.29, 0.717) is 0 Å². The van der Waals surface area contributed by atoms with Crippen molar-refractivity contribution in [1.82, 2.24) is 0 Å². The van der Waals surface area contributed by atoms with E-state index in [-0.39, 0.29) is 40.5 Å². The van der Waals surface area contributed by atoms with Crippen LogP contribution >= 0.6 is 56.1 Å². The van der Waals surface area contributed by atoms with Crippen molar-refractivity contribution in [3.05, 3.63) is 0 Å². The van der Waals surface area contributed by atoms with Crippen molar-refractivity contribution >= 4 is 56.1 Å². The molecule has 0 atom stereocenters. The SMILES string of the molecule is O=P(O)(O)O.O=P(O)(O)O.[S].[S].[S]. The van der Waals surface area contributed by atoms with Crippen LogP contribution in [0.5, 0.6) is 0 Å². The molecular formula is H6O8P2S3. The van der Waals surface area contributed by atoms with E-state index in [1.54, 1.807) is 0 Å². The van der Waals surface area contributed by atoms with Gasteiger partial charge in [-0.05, 0) is 0 Å². The van der Waals surface area contributed by atoms with Crippen LogP contribution in [0.2, 0.25) is 0 Å². The standard InChI is InChI=1S/2H3O4P.3S/c2*1-5(2,3)4;;;/h2*(H3,1,2,3,4);;;. The highest BCUT2D eigenvalue weighted by Crippen LogP contribution is 2.26. The van der Waals surface area contributed by atoms with Gasteiger partial charge in [-0.15, -0.1) is 0 Å². The molecule has 0 heterocycles. The lowest BCUT2D eigenvalue weighted by Gasteiger charge is -1.82. The summed E-state index contributed by atoms with van der Waals surface area (Å²) in [6.45, 7) is 0. The molecule has 0 spiro atoms. The lowest BCUT2D eigenvalue weighted by atomic mass is 15.8. The van der Waals surface area contributed by atoms with Gasteiger partial charge in [0, 0.05) is 40.5 Å². The molecule has 0 aliphatic rings. The third kappa shape index (κ3) is 1040. The number of rotatable bonds is 0. The minimum atomic E-state index is -4.64. The second kappa shape index (κ2) is 11.3. The first-order chi connectivity index (χ1) is 4.00. The van der Waals surface area contributed by atoms with Crippen LogP contribution in [0, 0.1) is 0 Å². The summed E-state index contributed by atoms with van der Waals surface area (Å²) in [5.74, 6) is 0. The molecule has 8 nitrogen and oxygen atoms in total. The fraction of sp³-hybridized carbons (Fsp3) is 0. The van der Waals surface area contributed by atoms with E-state index in [1.165, 1.54) is 0 Å². The molecule has 0 aliphatic heterocycles. The molecule has 0 aromatic rings. The van der Waals surface area contributed by atoms with Crippen molar-refractivity contribution in [2.24, 2.45) is 0 Å². The summed E-state index contributed by atoms with van der Waals surface area (Å²) < 4.78 is 17.8. The zero-order valence-electron chi connectivity index (χ0n) is 5.62. The Hall–Kier alpha value is 1.27. The average Bonchev–Trinajstić information content (AvgIpc) is 1.12. The van der Waals surface area contributed by atoms with Crippen LogP contribution in [0.3, 0.4) is 0 Å². The van der Waals surface area contributed by atoms with Crippen molar-refractivity contribution < 1.29 is 38.5 Å². The lowest BCUT2D eigenvalue weighted by molar-refractivity contribution is 0.272. The fourth-order valence-electron chi connectivity index (χ4n) is 0. The van der Waals surface area contributed by atoms with Gasteiger partial charge in [0.25, 0.3) is 0 Å². The maximum atomic E-state index is 8.88. The maximum absolute atomic E-state index is 8.88. The summed E-state index contributed by atoms with van der Waals surface area (Å²) in [5.41, 5.74) is 0. The molecule has 0 unspecified atom stereocenters. The molecule has 0 amide bonds. The molecule has 0 saturated heterocycles. The van der Waals surface area contributed by atoms with E-state index in [9.17, 15) is 0 Å². The molecule has 0 aliphatic carbocycles. The van der Waals surface area contributed by atoms with E-state index in [0.717, 1.165) is 0 Å². The lowest BCUT2D eigenvalue weighted by Crippen LogP contribution is -1.66. The molecule has 0 aromatic carbocycles. The molecule has 6 radical (unpaired) electrons. The predicted molar refractivity (Wildman–Crippen MR) is 51.3 cm³/mol. The minimum Gasteiger partial charge on any atom is -0.303 e. The van der Waals surface area contributed by atoms with Crippen LogP contribution in [0.4, 0.5) is 0 Å².